The molecule has 0 aromatic heterocycles. The third kappa shape index (κ3) is 2.10. The molecule has 0 saturated carbocycles. The molecule has 0 amide bonds. The normalized spacial score (nSPS) is 12.4. The van der Waals surface area contributed by atoms with E-state index >= 15 is 0 Å². The summed E-state index contributed by atoms with van der Waals surface area (Å²) in [4.78, 5) is 36.8. The lowest BCUT2D eigenvalue weighted by atomic mass is 9.82. The van der Waals surface area contributed by atoms with Crippen LogP contribution >= 0.6 is 0 Å². The molecule has 0 aliphatic heterocycles. The van der Waals surface area contributed by atoms with Gasteiger partial charge in [-0.1, -0.05) is 12.1 Å². The molecule has 0 fully saturated rings. The standard InChI is InChI=1S/C17H12O7/c1-7(18)24-11-5-3-4-8-12(11)16(22)14-13(15(8)21)9(19)6-10(20)17(14)23-2/h3-6,19-20H,1-2H3. The number of methoxy groups -OCH3 is 1. The first-order valence-corrected chi connectivity index (χ1v) is 6.90. The summed E-state index contributed by atoms with van der Waals surface area (Å²) in [7, 11) is 1.22. The second-order valence-electron chi connectivity index (χ2n) is 5.13. The highest BCUT2D eigenvalue weighted by Gasteiger charge is 2.38. The van der Waals surface area contributed by atoms with Gasteiger partial charge in [-0.3, -0.25) is 14.4 Å². The molecule has 122 valence electrons. The van der Waals surface area contributed by atoms with E-state index in [9.17, 15) is 24.6 Å². The van der Waals surface area contributed by atoms with Gasteiger partial charge in [0.25, 0.3) is 0 Å². The number of carbonyl (C=O) groups excluding carboxylic acids is 3. The zero-order valence-electron chi connectivity index (χ0n) is 12.7. The van der Waals surface area contributed by atoms with Gasteiger partial charge >= 0.3 is 5.97 Å². The molecule has 0 unspecified atom stereocenters. The van der Waals surface area contributed by atoms with E-state index < -0.39 is 29.0 Å². The maximum absolute atomic E-state index is 12.9. The van der Waals surface area contributed by atoms with Crippen molar-refractivity contribution in [2.45, 2.75) is 6.92 Å². The lowest BCUT2D eigenvalue weighted by Gasteiger charge is -2.22. The molecular weight excluding hydrogens is 316 g/mol. The number of hydrogen-bond donors (Lipinski definition) is 2. The number of ketones is 2. The minimum Gasteiger partial charge on any atom is -0.507 e. The Morgan fingerprint density at radius 2 is 1.71 bits per heavy atom. The molecule has 2 aromatic carbocycles. The summed E-state index contributed by atoms with van der Waals surface area (Å²) in [6.45, 7) is 1.17. The molecular formula is C17H12O7. The highest BCUT2D eigenvalue weighted by molar-refractivity contribution is 6.31. The van der Waals surface area contributed by atoms with Crippen molar-refractivity contribution in [1.29, 1.82) is 0 Å². The van der Waals surface area contributed by atoms with Crippen molar-refractivity contribution in [2.24, 2.45) is 0 Å². The summed E-state index contributed by atoms with van der Waals surface area (Å²) >= 11 is 0. The van der Waals surface area contributed by atoms with Crippen LogP contribution in [-0.2, 0) is 4.79 Å². The van der Waals surface area contributed by atoms with Gasteiger partial charge < -0.3 is 19.7 Å². The molecule has 0 radical (unpaired) electrons. The van der Waals surface area contributed by atoms with E-state index in [1.54, 1.807) is 0 Å². The molecule has 7 nitrogen and oxygen atoms in total. The molecule has 1 aliphatic rings. The Morgan fingerprint density at radius 3 is 2.33 bits per heavy atom. The molecule has 0 atom stereocenters. The number of ether oxygens (including phenoxy) is 2. The number of esters is 1. The highest BCUT2D eigenvalue weighted by Crippen LogP contribution is 2.45. The van der Waals surface area contributed by atoms with Crippen LogP contribution in [0.25, 0.3) is 0 Å². The topological polar surface area (TPSA) is 110 Å². The maximum atomic E-state index is 12.9. The Kier molecular flexibility index (Phi) is 3.48. The second kappa shape index (κ2) is 5.38. The van der Waals surface area contributed by atoms with Crippen LogP contribution < -0.4 is 9.47 Å². The van der Waals surface area contributed by atoms with E-state index in [1.807, 2.05) is 0 Å². The molecule has 24 heavy (non-hydrogen) atoms. The van der Waals surface area contributed by atoms with Crippen LogP contribution in [0.3, 0.4) is 0 Å². The Labute approximate surface area is 136 Å². The van der Waals surface area contributed by atoms with Gasteiger partial charge in [-0.15, -0.1) is 0 Å². The summed E-state index contributed by atoms with van der Waals surface area (Å²) in [6, 6.07) is 5.17. The quantitative estimate of drug-likeness (QED) is 0.545. The predicted octanol–water partition coefficient (Wildman–Crippen LogP) is 1.81. The van der Waals surface area contributed by atoms with Gasteiger partial charge in [0, 0.05) is 18.6 Å². The smallest absolute Gasteiger partial charge is 0.308 e. The molecule has 3 rings (SSSR count). The van der Waals surface area contributed by atoms with E-state index in [4.69, 9.17) is 9.47 Å². The Morgan fingerprint density at radius 1 is 1.00 bits per heavy atom. The molecule has 7 heteroatoms. The van der Waals surface area contributed by atoms with Crippen molar-refractivity contribution in [3.05, 3.63) is 46.5 Å². The molecule has 2 N–H and O–H groups in total. The number of hydrogen-bond acceptors (Lipinski definition) is 7. The first-order valence-electron chi connectivity index (χ1n) is 6.90. The fourth-order valence-electron chi connectivity index (χ4n) is 2.74. The number of phenolic OH excluding ortho intramolecular Hbond substituents is 2. The van der Waals surface area contributed by atoms with Crippen LogP contribution in [0.5, 0.6) is 23.0 Å². The van der Waals surface area contributed by atoms with Gasteiger partial charge in [0.05, 0.1) is 23.8 Å². The second-order valence-corrected chi connectivity index (χ2v) is 5.13. The molecule has 0 heterocycles. The Hall–Kier alpha value is -3.35. The van der Waals surface area contributed by atoms with Crippen LogP contribution in [0.4, 0.5) is 0 Å². The van der Waals surface area contributed by atoms with Gasteiger partial charge in [0.15, 0.2) is 17.3 Å². The largest absolute Gasteiger partial charge is 0.507 e. The molecule has 0 bridgehead atoms. The number of phenols is 2. The van der Waals surface area contributed by atoms with Gasteiger partial charge in [0.1, 0.15) is 11.5 Å². The number of carbonyl (C=O) groups is 3. The number of benzene rings is 2. The van der Waals surface area contributed by atoms with Gasteiger partial charge in [-0.05, 0) is 6.07 Å². The van der Waals surface area contributed by atoms with Crippen LogP contribution in [-0.4, -0.2) is 34.9 Å². The first kappa shape index (κ1) is 15.5. The van der Waals surface area contributed by atoms with E-state index in [2.05, 4.69) is 0 Å². The zero-order valence-corrected chi connectivity index (χ0v) is 12.7. The van der Waals surface area contributed by atoms with Crippen molar-refractivity contribution >= 4 is 17.5 Å². The van der Waals surface area contributed by atoms with Gasteiger partial charge in [0.2, 0.25) is 5.78 Å². The van der Waals surface area contributed by atoms with Crippen molar-refractivity contribution in [2.75, 3.05) is 7.11 Å². The first-order chi connectivity index (χ1) is 11.4. The van der Waals surface area contributed by atoms with Crippen molar-refractivity contribution in [1.82, 2.24) is 0 Å². The van der Waals surface area contributed by atoms with Crippen LogP contribution in [0.15, 0.2) is 24.3 Å². The minimum atomic E-state index is -0.695. The van der Waals surface area contributed by atoms with Gasteiger partial charge in [-0.25, -0.2) is 0 Å². The zero-order chi connectivity index (χ0) is 17.6. The third-order valence-electron chi connectivity index (χ3n) is 3.65. The van der Waals surface area contributed by atoms with E-state index in [0.29, 0.717) is 0 Å². The van der Waals surface area contributed by atoms with Gasteiger partial charge in [-0.2, -0.15) is 0 Å². The third-order valence-corrected chi connectivity index (χ3v) is 3.65. The highest BCUT2D eigenvalue weighted by atomic mass is 16.5. The summed E-state index contributed by atoms with van der Waals surface area (Å²) in [5.74, 6) is -3.31. The van der Waals surface area contributed by atoms with Crippen molar-refractivity contribution in [3.63, 3.8) is 0 Å². The number of rotatable bonds is 2. The Balaban J connectivity index is 2.35. The fourth-order valence-corrected chi connectivity index (χ4v) is 2.74. The van der Waals surface area contributed by atoms with E-state index in [-0.39, 0.29) is 33.8 Å². The van der Waals surface area contributed by atoms with Crippen LogP contribution in [0.1, 0.15) is 38.8 Å². The summed E-state index contributed by atoms with van der Waals surface area (Å²) in [5, 5.41) is 19.9. The van der Waals surface area contributed by atoms with Crippen molar-refractivity contribution in [3.8, 4) is 23.0 Å². The Bertz CT molecular complexity index is 912. The number of aromatic hydroxyl groups is 2. The van der Waals surface area contributed by atoms with Crippen LogP contribution in [0, 0.1) is 0 Å². The number of fused-ring (bicyclic) bond motifs is 2. The average molecular weight is 328 g/mol. The van der Waals surface area contributed by atoms with Crippen molar-refractivity contribution < 1.29 is 34.1 Å². The summed E-state index contributed by atoms with van der Waals surface area (Å²) in [5.41, 5.74) is -0.656. The minimum absolute atomic E-state index is 0.00528. The lowest BCUT2D eigenvalue weighted by molar-refractivity contribution is -0.131. The summed E-state index contributed by atoms with van der Waals surface area (Å²) in [6.07, 6.45) is 0. The average Bonchev–Trinajstić information content (AvgIpc) is 2.51. The monoisotopic (exact) mass is 328 g/mol. The van der Waals surface area contributed by atoms with Crippen LogP contribution in [0.2, 0.25) is 0 Å². The molecule has 2 aromatic rings. The maximum Gasteiger partial charge on any atom is 0.308 e. The predicted molar refractivity (Wildman–Crippen MR) is 80.9 cm³/mol. The molecule has 0 saturated heterocycles. The molecule has 1 aliphatic carbocycles. The molecule has 0 spiro atoms. The SMILES string of the molecule is COc1c(O)cc(O)c2c1C(=O)c1c(OC(C)=O)cccc1C2=O. The fraction of sp³-hybridized carbons (Fsp3) is 0.118. The van der Waals surface area contributed by atoms with E-state index in [0.717, 1.165) is 6.07 Å². The van der Waals surface area contributed by atoms with E-state index in [1.165, 1.54) is 32.2 Å². The lowest BCUT2D eigenvalue weighted by Crippen LogP contribution is -2.23. The summed E-state index contributed by atoms with van der Waals surface area (Å²) < 4.78 is 10.0.